The largest absolute Gasteiger partial charge is 0.298 e. The smallest absolute Gasteiger partial charge is 0.150 e. The summed E-state index contributed by atoms with van der Waals surface area (Å²) in [6.07, 6.45) is 0.756. The quantitative estimate of drug-likeness (QED) is 0.706. The van der Waals surface area contributed by atoms with Crippen LogP contribution in [0, 0.1) is 12.7 Å². The summed E-state index contributed by atoms with van der Waals surface area (Å²) >= 11 is 1.59. The van der Waals surface area contributed by atoms with E-state index in [2.05, 4.69) is 0 Å². The lowest BCUT2D eigenvalue weighted by atomic mass is 10.0. The highest BCUT2D eigenvalue weighted by Crippen LogP contribution is 2.30. The highest BCUT2D eigenvalue weighted by Gasteiger charge is 2.09. The van der Waals surface area contributed by atoms with Gasteiger partial charge in [-0.3, -0.25) is 4.79 Å². The lowest BCUT2D eigenvalue weighted by Gasteiger charge is -2.04. The highest BCUT2D eigenvalue weighted by atomic mass is 32.1. The Kier molecular flexibility index (Phi) is 2.64. The topological polar surface area (TPSA) is 17.1 Å². The predicted octanol–water partition coefficient (Wildman–Crippen LogP) is 3.68. The van der Waals surface area contributed by atoms with Crippen molar-refractivity contribution in [2.45, 2.75) is 6.92 Å². The van der Waals surface area contributed by atoms with Crippen LogP contribution < -0.4 is 0 Å². The zero-order chi connectivity index (χ0) is 10.8. The van der Waals surface area contributed by atoms with Gasteiger partial charge < -0.3 is 0 Å². The molecule has 2 rings (SSSR count). The SMILES string of the molecule is Cc1sccc1-c1cc(F)ccc1C=O. The highest BCUT2D eigenvalue weighted by molar-refractivity contribution is 7.10. The third kappa shape index (κ3) is 1.83. The second-order valence-corrected chi connectivity index (χ2v) is 4.36. The van der Waals surface area contributed by atoms with Crippen LogP contribution in [0.25, 0.3) is 11.1 Å². The fourth-order valence-corrected chi connectivity index (χ4v) is 2.24. The Morgan fingerprint density at radius 2 is 2.07 bits per heavy atom. The van der Waals surface area contributed by atoms with Crippen molar-refractivity contribution in [3.63, 3.8) is 0 Å². The molecule has 0 fully saturated rings. The van der Waals surface area contributed by atoms with Crippen molar-refractivity contribution in [3.8, 4) is 11.1 Å². The molecule has 0 unspecified atom stereocenters. The minimum atomic E-state index is -0.318. The number of hydrogen-bond acceptors (Lipinski definition) is 2. The summed E-state index contributed by atoms with van der Waals surface area (Å²) in [4.78, 5) is 11.9. The van der Waals surface area contributed by atoms with E-state index in [0.29, 0.717) is 11.1 Å². The van der Waals surface area contributed by atoms with Crippen molar-refractivity contribution >= 4 is 17.6 Å². The van der Waals surface area contributed by atoms with Crippen LogP contribution in [-0.2, 0) is 0 Å². The molecule has 15 heavy (non-hydrogen) atoms. The van der Waals surface area contributed by atoms with Gasteiger partial charge in [0.05, 0.1) is 0 Å². The first-order chi connectivity index (χ1) is 7.22. The molecule has 1 nitrogen and oxygen atoms in total. The van der Waals surface area contributed by atoms with Gasteiger partial charge in [-0.2, -0.15) is 0 Å². The standard InChI is InChI=1S/C12H9FOS/c1-8-11(4-5-15-8)12-6-10(13)3-2-9(12)7-14/h2-7H,1H3. The normalized spacial score (nSPS) is 10.3. The van der Waals surface area contributed by atoms with Gasteiger partial charge in [0.1, 0.15) is 5.82 Å². The van der Waals surface area contributed by atoms with E-state index in [1.807, 2.05) is 18.4 Å². The fraction of sp³-hybridized carbons (Fsp3) is 0.0833. The van der Waals surface area contributed by atoms with Gasteiger partial charge in [-0.15, -0.1) is 11.3 Å². The Morgan fingerprint density at radius 3 is 2.67 bits per heavy atom. The third-order valence-electron chi connectivity index (χ3n) is 2.29. The molecule has 0 radical (unpaired) electrons. The molecule has 0 atom stereocenters. The van der Waals surface area contributed by atoms with E-state index in [1.165, 1.54) is 18.2 Å². The average Bonchev–Trinajstić information content (AvgIpc) is 2.64. The molecule has 3 heteroatoms. The van der Waals surface area contributed by atoms with Gasteiger partial charge in [-0.05, 0) is 47.7 Å². The Morgan fingerprint density at radius 1 is 1.27 bits per heavy atom. The number of aldehydes is 1. The van der Waals surface area contributed by atoms with Crippen LogP contribution in [-0.4, -0.2) is 6.29 Å². The van der Waals surface area contributed by atoms with Gasteiger partial charge >= 0.3 is 0 Å². The second kappa shape index (κ2) is 3.95. The van der Waals surface area contributed by atoms with Gasteiger partial charge in [0, 0.05) is 10.4 Å². The number of aryl methyl sites for hydroxylation is 1. The van der Waals surface area contributed by atoms with E-state index in [4.69, 9.17) is 0 Å². The number of carbonyl (C=O) groups excluding carboxylic acids is 1. The number of thiophene rings is 1. The first kappa shape index (κ1) is 10.1. The molecule has 0 aliphatic heterocycles. The number of benzene rings is 1. The first-order valence-electron chi connectivity index (χ1n) is 4.51. The van der Waals surface area contributed by atoms with Crippen molar-refractivity contribution in [2.75, 3.05) is 0 Å². The summed E-state index contributed by atoms with van der Waals surface area (Å²) in [7, 11) is 0. The van der Waals surface area contributed by atoms with Crippen LogP contribution in [0.1, 0.15) is 15.2 Å². The third-order valence-corrected chi connectivity index (χ3v) is 3.14. The summed E-state index contributed by atoms with van der Waals surface area (Å²) in [5.74, 6) is -0.318. The fourth-order valence-electron chi connectivity index (χ4n) is 1.53. The molecule has 0 saturated heterocycles. The molecule has 0 bridgehead atoms. The summed E-state index contributed by atoms with van der Waals surface area (Å²) < 4.78 is 13.1. The van der Waals surface area contributed by atoms with Gasteiger partial charge in [0.25, 0.3) is 0 Å². The first-order valence-corrected chi connectivity index (χ1v) is 5.39. The van der Waals surface area contributed by atoms with E-state index in [1.54, 1.807) is 11.3 Å². The maximum atomic E-state index is 13.1. The summed E-state index contributed by atoms with van der Waals surface area (Å²) in [6.45, 7) is 1.96. The molecule has 1 aromatic heterocycles. The summed E-state index contributed by atoms with van der Waals surface area (Å²) in [5, 5.41) is 1.93. The van der Waals surface area contributed by atoms with E-state index < -0.39 is 0 Å². The predicted molar refractivity (Wildman–Crippen MR) is 59.8 cm³/mol. The van der Waals surface area contributed by atoms with Crippen molar-refractivity contribution in [1.29, 1.82) is 0 Å². The Hall–Kier alpha value is -1.48. The lowest BCUT2D eigenvalue weighted by molar-refractivity contribution is 0.112. The number of rotatable bonds is 2. The summed E-state index contributed by atoms with van der Waals surface area (Å²) in [6, 6.07) is 6.12. The number of carbonyl (C=O) groups is 1. The Balaban J connectivity index is 2.65. The van der Waals surface area contributed by atoms with Gasteiger partial charge in [0.2, 0.25) is 0 Å². The maximum absolute atomic E-state index is 13.1. The molecule has 76 valence electrons. The van der Waals surface area contributed by atoms with Crippen LogP contribution in [0.15, 0.2) is 29.6 Å². The minimum Gasteiger partial charge on any atom is -0.298 e. The molecule has 1 aromatic carbocycles. The van der Waals surface area contributed by atoms with Crippen LogP contribution in [0.5, 0.6) is 0 Å². The average molecular weight is 220 g/mol. The van der Waals surface area contributed by atoms with E-state index in [9.17, 15) is 9.18 Å². The van der Waals surface area contributed by atoms with E-state index in [0.717, 1.165) is 16.7 Å². The van der Waals surface area contributed by atoms with E-state index in [-0.39, 0.29) is 5.82 Å². The van der Waals surface area contributed by atoms with Crippen LogP contribution in [0.3, 0.4) is 0 Å². The van der Waals surface area contributed by atoms with Crippen LogP contribution >= 0.6 is 11.3 Å². The Labute approximate surface area is 91.2 Å². The zero-order valence-electron chi connectivity index (χ0n) is 8.16. The lowest BCUT2D eigenvalue weighted by Crippen LogP contribution is -1.88. The molecule has 2 aromatic rings. The van der Waals surface area contributed by atoms with Gasteiger partial charge in [0.15, 0.2) is 6.29 Å². The van der Waals surface area contributed by atoms with Crippen molar-refractivity contribution < 1.29 is 9.18 Å². The molecule has 1 heterocycles. The molecule has 0 amide bonds. The zero-order valence-corrected chi connectivity index (χ0v) is 8.98. The number of hydrogen-bond donors (Lipinski definition) is 0. The minimum absolute atomic E-state index is 0.318. The molecular weight excluding hydrogens is 211 g/mol. The van der Waals surface area contributed by atoms with Crippen LogP contribution in [0.2, 0.25) is 0 Å². The maximum Gasteiger partial charge on any atom is 0.150 e. The molecular formula is C12H9FOS. The van der Waals surface area contributed by atoms with Crippen molar-refractivity contribution in [1.82, 2.24) is 0 Å². The molecule has 0 aliphatic carbocycles. The molecule has 0 aliphatic rings. The van der Waals surface area contributed by atoms with E-state index >= 15 is 0 Å². The van der Waals surface area contributed by atoms with Gasteiger partial charge in [-0.25, -0.2) is 4.39 Å². The number of halogens is 1. The summed E-state index contributed by atoms with van der Waals surface area (Å²) in [5.41, 5.74) is 2.13. The van der Waals surface area contributed by atoms with Crippen molar-refractivity contribution in [2.24, 2.45) is 0 Å². The molecule has 0 saturated carbocycles. The molecule has 0 N–H and O–H groups in total. The monoisotopic (exact) mass is 220 g/mol. The van der Waals surface area contributed by atoms with Gasteiger partial charge in [-0.1, -0.05) is 0 Å². The Bertz CT molecular complexity index is 502. The molecule has 0 spiro atoms. The van der Waals surface area contributed by atoms with Crippen LogP contribution in [0.4, 0.5) is 4.39 Å². The van der Waals surface area contributed by atoms with Crippen molar-refractivity contribution in [3.05, 3.63) is 45.9 Å². The second-order valence-electron chi connectivity index (χ2n) is 3.24.